The largest absolute Gasteiger partial charge is 0.497 e. The first-order valence-electron chi connectivity index (χ1n) is 10.1. The first kappa shape index (κ1) is 21.4. The summed E-state index contributed by atoms with van der Waals surface area (Å²) in [6, 6.07) is 7.08. The van der Waals surface area contributed by atoms with Crippen LogP contribution < -0.4 is 15.0 Å². The van der Waals surface area contributed by atoms with Gasteiger partial charge >= 0.3 is 0 Å². The van der Waals surface area contributed by atoms with E-state index in [1.165, 1.54) is 16.3 Å². The monoisotopic (exact) mass is 472 g/mol. The highest BCUT2D eigenvalue weighted by molar-refractivity contribution is 7.98. The molecule has 0 saturated heterocycles. The zero-order chi connectivity index (χ0) is 23.1. The summed E-state index contributed by atoms with van der Waals surface area (Å²) in [6.07, 6.45) is 1.65. The van der Waals surface area contributed by atoms with Crippen molar-refractivity contribution < 1.29 is 22.8 Å². The van der Waals surface area contributed by atoms with E-state index < -0.39 is 17.2 Å². The Labute approximate surface area is 190 Å². The maximum Gasteiger partial charge on any atom is 0.262 e. The number of methoxy groups -OCH3 is 2. The van der Waals surface area contributed by atoms with E-state index in [0.29, 0.717) is 33.9 Å². The molecule has 33 heavy (non-hydrogen) atoms. The van der Waals surface area contributed by atoms with Crippen molar-refractivity contribution >= 4 is 22.7 Å². The molecule has 0 atom stereocenters. The Morgan fingerprint density at radius 3 is 2.42 bits per heavy atom. The van der Waals surface area contributed by atoms with Gasteiger partial charge in [-0.25, -0.2) is 13.8 Å². The molecule has 0 unspecified atom stereocenters. The summed E-state index contributed by atoms with van der Waals surface area (Å²) in [4.78, 5) is 21.8. The van der Waals surface area contributed by atoms with Crippen LogP contribution in [-0.2, 0) is 5.75 Å². The molecule has 4 aromatic rings. The standard InChI is InChI=1S/C22H18F2N4O4S/c1-30-13-5-11(6-14(7-13)31-2)20-26-19(32-27-20)10-33-22-25-18-9-17(24)16(23)8-15(18)21(29)28(22)12-3-4-12/h5-9,12H,3-4,10H2,1-2H3. The molecule has 8 nitrogen and oxygen atoms in total. The van der Waals surface area contributed by atoms with Crippen LogP contribution in [-0.4, -0.2) is 33.9 Å². The SMILES string of the molecule is COc1cc(OC)cc(-c2noc(CSc3nc4cc(F)c(F)cc4c(=O)n3C3CC3)n2)c1. The van der Waals surface area contributed by atoms with Crippen molar-refractivity contribution in [3.05, 3.63) is 58.2 Å². The summed E-state index contributed by atoms with van der Waals surface area (Å²) in [5.41, 5.74) is 0.369. The molecule has 5 rings (SSSR count). The predicted molar refractivity (Wildman–Crippen MR) is 117 cm³/mol. The number of thioether (sulfide) groups is 1. The van der Waals surface area contributed by atoms with E-state index in [1.807, 2.05) is 0 Å². The van der Waals surface area contributed by atoms with Gasteiger partial charge in [0.15, 0.2) is 16.8 Å². The van der Waals surface area contributed by atoms with Gasteiger partial charge in [-0.15, -0.1) is 0 Å². The molecule has 1 saturated carbocycles. The van der Waals surface area contributed by atoms with Gasteiger partial charge in [0.25, 0.3) is 5.56 Å². The predicted octanol–water partition coefficient (Wildman–Crippen LogP) is 4.37. The summed E-state index contributed by atoms with van der Waals surface area (Å²) in [5, 5.41) is 4.46. The molecule has 2 heterocycles. The first-order chi connectivity index (χ1) is 16.0. The van der Waals surface area contributed by atoms with Crippen molar-refractivity contribution in [2.24, 2.45) is 0 Å². The summed E-state index contributed by atoms with van der Waals surface area (Å²) in [5.74, 6) is -0.0422. The van der Waals surface area contributed by atoms with E-state index in [4.69, 9.17) is 14.0 Å². The minimum Gasteiger partial charge on any atom is -0.497 e. The fourth-order valence-corrected chi connectivity index (χ4v) is 4.33. The number of benzene rings is 2. The molecule has 1 aliphatic carbocycles. The van der Waals surface area contributed by atoms with Crippen molar-refractivity contribution in [3.8, 4) is 22.9 Å². The number of hydrogen-bond donors (Lipinski definition) is 0. The number of nitrogens with zero attached hydrogens (tertiary/aromatic N) is 4. The van der Waals surface area contributed by atoms with E-state index >= 15 is 0 Å². The van der Waals surface area contributed by atoms with Gasteiger partial charge < -0.3 is 14.0 Å². The van der Waals surface area contributed by atoms with Crippen LogP contribution in [0.15, 0.2) is 44.8 Å². The second-order valence-corrected chi connectivity index (χ2v) is 8.43. The number of aromatic nitrogens is 4. The summed E-state index contributed by atoms with van der Waals surface area (Å²) in [6.45, 7) is 0. The lowest BCUT2D eigenvalue weighted by atomic mass is 10.2. The number of ether oxygens (including phenoxy) is 2. The fraction of sp³-hybridized carbons (Fsp3) is 0.273. The van der Waals surface area contributed by atoms with Gasteiger partial charge in [0.2, 0.25) is 11.7 Å². The van der Waals surface area contributed by atoms with Gasteiger partial charge in [0.05, 0.1) is 30.9 Å². The van der Waals surface area contributed by atoms with Crippen molar-refractivity contribution in [2.45, 2.75) is 29.8 Å². The minimum atomic E-state index is -1.07. The van der Waals surface area contributed by atoms with E-state index in [-0.39, 0.29) is 22.7 Å². The second kappa shape index (κ2) is 8.47. The first-order valence-corrected chi connectivity index (χ1v) is 11.1. The minimum absolute atomic E-state index is 0.00694. The van der Waals surface area contributed by atoms with E-state index in [0.717, 1.165) is 25.0 Å². The summed E-state index contributed by atoms with van der Waals surface area (Å²) in [7, 11) is 3.10. The van der Waals surface area contributed by atoms with Crippen molar-refractivity contribution in [2.75, 3.05) is 14.2 Å². The summed E-state index contributed by atoms with van der Waals surface area (Å²) >= 11 is 1.22. The van der Waals surface area contributed by atoms with Crippen LogP contribution >= 0.6 is 11.8 Å². The zero-order valence-corrected chi connectivity index (χ0v) is 18.5. The lowest BCUT2D eigenvalue weighted by Gasteiger charge is -2.11. The van der Waals surface area contributed by atoms with Gasteiger partial charge in [-0.3, -0.25) is 9.36 Å². The molecule has 0 N–H and O–H groups in total. The maximum absolute atomic E-state index is 13.7. The van der Waals surface area contributed by atoms with Crippen LogP contribution in [0.2, 0.25) is 0 Å². The number of hydrogen-bond acceptors (Lipinski definition) is 8. The Kier molecular flexibility index (Phi) is 5.49. The van der Waals surface area contributed by atoms with E-state index in [9.17, 15) is 13.6 Å². The van der Waals surface area contributed by atoms with Crippen LogP contribution in [0.4, 0.5) is 8.78 Å². The van der Waals surface area contributed by atoms with Crippen LogP contribution in [0, 0.1) is 11.6 Å². The topological polar surface area (TPSA) is 92.3 Å². The van der Waals surface area contributed by atoms with Crippen LogP contribution in [0.1, 0.15) is 24.8 Å². The highest BCUT2D eigenvalue weighted by atomic mass is 32.2. The van der Waals surface area contributed by atoms with Gasteiger partial charge in [-0.05, 0) is 31.0 Å². The second-order valence-electron chi connectivity index (χ2n) is 7.49. The third kappa shape index (κ3) is 4.15. The van der Waals surface area contributed by atoms with Crippen molar-refractivity contribution in [3.63, 3.8) is 0 Å². The Morgan fingerprint density at radius 1 is 1.06 bits per heavy atom. The third-order valence-corrected chi connectivity index (χ3v) is 6.16. The molecule has 0 spiro atoms. The molecule has 0 amide bonds. The highest BCUT2D eigenvalue weighted by Gasteiger charge is 2.29. The van der Waals surface area contributed by atoms with Crippen LogP contribution in [0.5, 0.6) is 11.5 Å². The maximum atomic E-state index is 13.7. The Balaban J connectivity index is 1.44. The average Bonchev–Trinajstić information content (AvgIpc) is 3.54. The van der Waals surface area contributed by atoms with Gasteiger partial charge in [0.1, 0.15) is 11.5 Å². The molecule has 2 aromatic heterocycles. The van der Waals surface area contributed by atoms with Crippen molar-refractivity contribution in [1.29, 1.82) is 0 Å². The molecular weight excluding hydrogens is 454 g/mol. The Bertz CT molecular complexity index is 1400. The lowest BCUT2D eigenvalue weighted by molar-refractivity contribution is 0.390. The number of rotatable bonds is 7. The van der Waals surface area contributed by atoms with Crippen LogP contribution in [0.3, 0.4) is 0 Å². The molecule has 170 valence electrons. The van der Waals surface area contributed by atoms with Gasteiger partial charge in [-0.1, -0.05) is 16.9 Å². The van der Waals surface area contributed by atoms with E-state index in [1.54, 1.807) is 32.4 Å². The van der Waals surface area contributed by atoms with Crippen molar-refractivity contribution in [1.82, 2.24) is 19.7 Å². The molecule has 0 aliphatic heterocycles. The molecule has 1 fully saturated rings. The number of halogens is 2. The zero-order valence-electron chi connectivity index (χ0n) is 17.7. The molecular formula is C22H18F2N4O4S. The number of fused-ring (bicyclic) bond motifs is 1. The molecule has 0 bridgehead atoms. The Hall–Kier alpha value is -3.47. The molecule has 11 heteroatoms. The molecule has 0 radical (unpaired) electrons. The lowest BCUT2D eigenvalue weighted by Crippen LogP contribution is -2.22. The van der Waals surface area contributed by atoms with Gasteiger partial charge in [-0.2, -0.15) is 4.98 Å². The normalized spacial score (nSPS) is 13.5. The van der Waals surface area contributed by atoms with E-state index in [2.05, 4.69) is 15.1 Å². The quantitative estimate of drug-likeness (QED) is 0.289. The summed E-state index contributed by atoms with van der Waals surface area (Å²) < 4.78 is 44.9. The van der Waals surface area contributed by atoms with Gasteiger partial charge in [0, 0.05) is 23.7 Å². The smallest absolute Gasteiger partial charge is 0.262 e. The average molecular weight is 472 g/mol. The third-order valence-electron chi connectivity index (χ3n) is 5.22. The fourth-order valence-electron chi connectivity index (χ4n) is 3.42. The molecule has 1 aliphatic rings. The molecule has 2 aromatic carbocycles. The highest BCUT2D eigenvalue weighted by Crippen LogP contribution is 2.37. The van der Waals surface area contributed by atoms with Crippen LogP contribution in [0.25, 0.3) is 22.3 Å². The Morgan fingerprint density at radius 2 is 1.76 bits per heavy atom.